The Morgan fingerprint density at radius 1 is 1.21 bits per heavy atom. The van der Waals surface area contributed by atoms with Crippen LogP contribution in [0.2, 0.25) is 0 Å². The zero-order valence-electron chi connectivity index (χ0n) is 18.7. The lowest BCUT2D eigenvalue weighted by Crippen LogP contribution is -2.48. The maximum atomic E-state index is 13.6. The van der Waals surface area contributed by atoms with Crippen molar-refractivity contribution in [2.24, 2.45) is 0 Å². The number of pyridine rings is 1. The topological polar surface area (TPSA) is 90.6 Å². The summed E-state index contributed by atoms with van der Waals surface area (Å²) in [7, 11) is 1.57. The number of hydrogen-bond acceptors (Lipinski definition) is 9. The van der Waals surface area contributed by atoms with Gasteiger partial charge in [0.15, 0.2) is 0 Å². The number of anilines is 1. The SMILES string of the molecule is COCCN1C(=O)C(=Cc2c(N3CCN(CCO)CC3)nc3ccc(C)cn3c2=O)SC1=S. The number of thioether (sulfide) groups is 1. The Labute approximate surface area is 201 Å². The summed E-state index contributed by atoms with van der Waals surface area (Å²) in [5, 5.41) is 9.23. The average Bonchev–Trinajstić information content (AvgIpc) is 3.07. The zero-order valence-corrected chi connectivity index (χ0v) is 20.3. The molecule has 0 bridgehead atoms. The summed E-state index contributed by atoms with van der Waals surface area (Å²) in [5.74, 6) is 0.337. The van der Waals surface area contributed by atoms with E-state index in [1.165, 1.54) is 21.1 Å². The number of aliphatic hydroxyl groups is 1. The Bertz CT molecular complexity index is 1160. The maximum absolute atomic E-state index is 13.6. The van der Waals surface area contributed by atoms with E-state index in [2.05, 4.69) is 9.80 Å². The summed E-state index contributed by atoms with van der Waals surface area (Å²) in [4.78, 5) is 37.5. The molecule has 0 saturated carbocycles. The number of carbonyl (C=O) groups excluding carboxylic acids is 1. The standard InChI is InChI=1S/C22H27N5O4S2/c1-15-3-4-18-23-19(25-7-5-24(6-8-25)9-11-28)16(20(29)27(18)14-15)13-17-21(30)26(10-12-31-2)22(32)33-17/h3-4,13-14,28H,5-12H2,1-2H3. The van der Waals surface area contributed by atoms with E-state index in [0.717, 1.165) is 18.7 Å². The molecular formula is C22H27N5O4S2. The van der Waals surface area contributed by atoms with Gasteiger partial charge < -0.3 is 14.7 Å². The predicted molar refractivity (Wildman–Crippen MR) is 134 cm³/mol. The van der Waals surface area contributed by atoms with Gasteiger partial charge in [-0.3, -0.25) is 23.8 Å². The van der Waals surface area contributed by atoms with Crippen LogP contribution in [0.25, 0.3) is 11.7 Å². The first-order valence-corrected chi connectivity index (χ1v) is 12.0. The summed E-state index contributed by atoms with van der Waals surface area (Å²) in [6, 6.07) is 3.75. The van der Waals surface area contributed by atoms with Gasteiger partial charge in [-0.2, -0.15) is 0 Å². The van der Waals surface area contributed by atoms with Crippen molar-refractivity contribution in [2.75, 3.05) is 64.5 Å². The number of nitrogens with zero attached hydrogens (tertiary/aromatic N) is 5. The van der Waals surface area contributed by atoms with Crippen LogP contribution in [0.4, 0.5) is 5.82 Å². The number of rotatable bonds is 7. The number of hydrogen-bond donors (Lipinski definition) is 1. The van der Waals surface area contributed by atoms with Crippen LogP contribution in [-0.4, -0.2) is 94.1 Å². The van der Waals surface area contributed by atoms with Crippen molar-refractivity contribution in [3.63, 3.8) is 0 Å². The first-order valence-electron chi connectivity index (χ1n) is 10.8. The molecule has 2 saturated heterocycles. The lowest BCUT2D eigenvalue weighted by molar-refractivity contribution is -0.122. The highest BCUT2D eigenvalue weighted by Crippen LogP contribution is 2.33. The van der Waals surface area contributed by atoms with Crippen LogP contribution in [-0.2, 0) is 9.53 Å². The average molecular weight is 490 g/mol. The van der Waals surface area contributed by atoms with Gasteiger partial charge in [-0.15, -0.1) is 0 Å². The Balaban J connectivity index is 1.76. The number of aliphatic hydroxyl groups excluding tert-OH is 1. The van der Waals surface area contributed by atoms with Crippen LogP contribution in [0.5, 0.6) is 0 Å². The highest BCUT2D eigenvalue weighted by atomic mass is 32.2. The van der Waals surface area contributed by atoms with Crippen LogP contribution in [0.1, 0.15) is 11.1 Å². The maximum Gasteiger partial charge on any atom is 0.267 e. The van der Waals surface area contributed by atoms with Gasteiger partial charge >= 0.3 is 0 Å². The second kappa shape index (κ2) is 10.3. The Morgan fingerprint density at radius 3 is 2.67 bits per heavy atom. The van der Waals surface area contributed by atoms with Gasteiger partial charge in [0.25, 0.3) is 11.5 Å². The molecule has 2 aliphatic heterocycles. The van der Waals surface area contributed by atoms with Crippen molar-refractivity contribution in [2.45, 2.75) is 6.92 Å². The number of fused-ring (bicyclic) bond motifs is 1. The number of piperazine rings is 1. The lowest BCUT2D eigenvalue weighted by Gasteiger charge is -2.35. The van der Waals surface area contributed by atoms with Crippen molar-refractivity contribution in [1.29, 1.82) is 0 Å². The summed E-state index contributed by atoms with van der Waals surface area (Å²) in [6.07, 6.45) is 3.39. The Morgan fingerprint density at radius 2 is 1.97 bits per heavy atom. The minimum Gasteiger partial charge on any atom is -0.395 e. The van der Waals surface area contributed by atoms with E-state index in [1.54, 1.807) is 19.4 Å². The number of β-amino-alcohol motifs (C(OH)–C–C–N with tert-alkyl or cyclic N) is 1. The van der Waals surface area contributed by atoms with Gasteiger partial charge in [0.05, 0.1) is 30.2 Å². The molecule has 1 amide bonds. The van der Waals surface area contributed by atoms with E-state index in [9.17, 15) is 14.7 Å². The number of methoxy groups -OCH3 is 1. The van der Waals surface area contributed by atoms with Crippen LogP contribution >= 0.6 is 24.0 Å². The molecule has 2 aromatic rings. The van der Waals surface area contributed by atoms with Gasteiger partial charge in [-0.1, -0.05) is 30.0 Å². The van der Waals surface area contributed by atoms with Gasteiger partial charge in [-0.25, -0.2) is 4.98 Å². The third kappa shape index (κ3) is 4.97. The first kappa shape index (κ1) is 23.8. The van der Waals surface area contributed by atoms with Gasteiger partial charge in [0.1, 0.15) is 15.8 Å². The minimum absolute atomic E-state index is 0.116. The summed E-state index contributed by atoms with van der Waals surface area (Å²) in [5.41, 5.74) is 1.65. The van der Waals surface area contributed by atoms with Crippen molar-refractivity contribution >= 4 is 51.7 Å². The van der Waals surface area contributed by atoms with Crippen LogP contribution < -0.4 is 10.5 Å². The molecule has 2 aromatic heterocycles. The fourth-order valence-corrected chi connectivity index (χ4v) is 5.24. The number of ether oxygens (including phenoxy) is 1. The monoisotopic (exact) mass is 489 g/mol. The number of carbonyl (C=O) groups is 1. The molecule has 2 aliphatic rings. The largest absolute Gasteiger partial charge is 0.395 e. The molecule has 11 heteroatoms. The van der Waals surface area contributed by atoms with E-state index < -0.39 is 0 Å². The molecule has 1 N–H and O–H groups in total. The van der Waals surface area contributed by atoms with Crippen LogP contribution in [0, 0.1) is 6.92 Å². The predicted octanol–water partition coefficient (Wildman–Crippen LogP) is 0.965. The summed E-state index contributed by atoms with van der Waals surface area (Å²) in [6.45, 7) is 6.26. The molecule has 0 radical (unpaired) electrons. The first-order chi connectivity index (χ1) is 15.9. The molecule has 33 heavy (non-hydrogen) atoms. The van der Waals surface area contributed by atoms with E-state index >= 15 is 0 Å². The van der Waals surface area contributed by atoms with E-state index in [4.69, 9.17) is 21.9 Å². The fourth-order valence-electron chi connectivity index (χ4n) is 3.95. The van der Waals surface area contributed by atoms with E-state index in [1.807, 2.05) is 19.1 Å². The Hall–Kier alpha value is -2.31. The molecule has 4 rings (SSSR count). The smallest absolute Gasteiger partial charge is 0.267 e. The molecule has 0 aromatic carbocycles. The summed E-state index contributed by atoms with van der Waals surface area (Å²) < 4.78 is 7.06. The van der Waals surface area contributed by atoms with Crippen molar-refractivity contribution < 1.29 is 14.6 Å². The second-order valence-electron chi connectivity index (χ2n) is 7.97. The fraction of sp³-hybridized carbons (Fsp3) is 0.455. The zero-order chi connectivity index (χ0) is 23.5. The number of aryl methyl sites for hydroxylation is 1. The van der Waals surface area contributed by atoms with Crippen molar-refractivity contribution in [3.8, 4) is 0 Å². The highest BCUT2D eigenvalue weighted by molar-refractivity contribution is 8.26. The number of amides is 1. The molecule has 0 spiro atoms. The van der Waals surface area contributed by atoms with Gasteiger partial charge in [0, 0.05) is 46.0 Å². The van der Waals surface area contributed by atoms with E-state index in [0.29, 0.717) is 59.0 Å². The molecule has 4 heterocycles. The minimum atomic E-state index is -0.227. The molecule has 176 valence electrons. The molecule has 0 atom stereocenters. The molecule has 0 unspecified atom stereocenters. The highest BCUT2D eigenvalue weighted by Gasteiger charge is 2.33. The van der Waals surface area contributed by atoms with Gasteiger partial charge in [0.2, 0.25) is 0 Å². The number of thiocarbonyl (C=S) groups is 1. The van der Waals surface area contributed by atoms with E-state index in [-0.39, 0.29) is 18.1 Å². The quantitative estimate of drug-likeness (QED) is 0.451. The van der Waals surface area contributed by atoms with Crippen molar-refractivity contribution in [1.82, 2.24) is 19.2 Å². The molecule has 9 nitrogen and oxygen atoms in total. The molecular weight excluding hydrogens is 462 g/mol. The normalized spacial score (nSPS) is 18.8. The van der Waals surface area contributed by atoms with Gasteiger partial charge in [-0.05, 0) is 24.6 Å². The van der Waals surface area contributed by atoms with Crippen molar-refractivity contribution in [3.05, 3.63) is 44.7 Å². The second-order valence-corrected chi connectivity index (χ2v) is 9.64. The Kier molecular flexibility index (Phi) is 7.45. The van der Waals surface area contributed by atoms with Crippen LogP contribution in [0.3, 0.4) is 0 Å². The molecule has 0 aliphatic carbocycles. The molecule has 2 fully saturated rings. The third-order valence-corrected chi connectivity index (χ3v) is 7.12. The number of aromatic nitrogens is 2. The van der Waals surface area contributed by atoms with Crippen LogP contribution in [0.15, 0.2) is 28.0 Å². The summed E-state index contributed by atoms with van der Waals surface area (Å²) >= 11 is 6.57. The lowest BCUT2D eigenvalue weighted by atomic mass is 10.2. The third-order valence-electron chi connectivity index (χ3n) is 5.74.